The van der Waals surface area contributed by atoms with E-state index >= 15 is 0 Å². The van der Waals surface area contributed by atoms with Crippen LogP contribution in [0, 0.1) is 0 Å². The summed E-state index contributed by atoms with van der Waals surface area (Å²) < 4.78 is 29.7. The molecule has 1 aromatic heterocycles. The fraction of sp³-hybridized carbons (Fsp3) is 0.0909. The number of hydrogen-bond donors (Lipinski definition) is 1. The summed E-state index contributed by atoms with van der Waals surface area (Å²) in [5.74, 6) is -1.76. The molecule has 1 aromatic carbocycles. The summed E-state index contributed by atoms with van der Waals surface area (Å²) in [6.07, 6.45) is 0. The molecule has 0 saturated heterocycles. The predicted molar refractivity (Wildman–Crippen MR) is 62.2 cm³/mol. The third-order valence-electron chi connectivity index (χ3n) is 2.19. The van der Waals surface area contributed by atoms with E-state index in [0.29, 0.717) is 0 Å². The molecule has 8 heteroatoms. The van der Waals surface area contributed by atoms with Crippen molar-refractivity contribution >= 4 is 17.6 Å². The quantitative estimate of drug-likeness (QED) is 0.939. The van der Waals surface area contributed by atoms with Crippen LogP contribution >= 0.6 is 11.6 Å². The van der Waals surface area contributed by atoms with Gasteiger partial charge in [0.25, 0.3) is 0 Å². The van der Waals surface area contributed by atoms with E-state index in [0.717, 1.165) is 10.7 Å². The minimum atomic E-state index is -3.10. The molecule has 0 bridgehead atoms. The average Bonchev–Trinajstić information content (AvgIpc) is 2.73. The zero-order chi connectivity index (χ0) is 14.0. The summed E-state index contributed by atoms with van der Waals surface area (Å²) in [5, 5.41) is 12.7. The van der Waals surface area contributed by atoms with Gasteiger partial charge >= 0.3 is 12.6 Å². The van der Waals surface area contributed by atoms with Gasteiger partial charge in [-0.25, -0.2) is 4.79 Å². The molecule has 0 radical (unpaired) electrons. The van der Waals surface area contributed by atoms with Crippen LogP contribution in [0.5, 0.6) is 5.88 Å². The molecule has 0 atom stereocenters. The Bertz CT molecular complexity index is 616. The summed E-state index contributed by atoms with van der Waals surface area (Å²) in [5.41, 5.74) is -0.178. The van der Waals surface area contributed by atoms with Crippen molar-refractivity contribution in [3.8, 4) is 11.6 Å². The van der Waals surface area contributed by atoms with Crippen LogP contribution in [0.2, 0.25) is 5.02 Å². The van der Waals surface area contributed by atoms with E-state index in [9.17, 15) is 13.6 Å². The van der Waals surface area contributed by atoms with Gasteiger partial charge in [-0.2, -0.15) is 18.6 Å². The molecule has 0 aliphatic rings. The van der Waals surface area contributed by atoms with Crippen molar-refractivity contribution < 1.29 is 23.4 Å². The van der Waals surface area contributed by atoms with Crippen molar-refractivity contribution in [2.24, 2.45) is 0 Å². The zero-order valence-electron chi connectivity index (χ0n) is 9.26. The van der Waals surface area contributed by atoms with Crippen molar-refractivity contribution in [2.75, 3.05) is 0 Å². The van der Waals surface area contributed by atoms with E-state index in [-0.39, 0.29) is 10.7 Å². The van der Waals surface area contributed by atoms with Crippen molar-refractivity contribution in [1.29, 1.82) is 0 Å². The molecular formula is C11H7ClF2N2O3. The van der Waals surface area contributed by atoms with Crippen LogP contribution in [0.25, 0.3) is 5.69 Å². The van der Waals surface area contributed by atoms with E-state index < -0.39 is 24.2 Å². The lowest BCUT2D eigenvalue weighted by Gasteiger charge is -2.09. The topological polar surface area (TPSA) is 64.3 Å². The van der Waals surface area contributed by atoms with Gasteiger partial charge in [0.05, 0.1) is 10.7 Å². The van der Waals surface area contributed by atoms with E-state index in [1.165, 1.54) is 12.1 Å². The normalized spacial score (nSPS) is 10.7. The fourth-order valence-electron chi connectivity index (χ4n) is 1.44. The minimum absolute atomic E-state index is 0.224. The Labute approximate surface area is 111 Å². The van der Waals surface area contributed by atoms with Gasteiger partial charge in [-0.15, -0.1) is 0 Å². The number of carboxylic acid groups (broad SMARTS) is 1. The van der Waals surface area contributed by atoms with Crippen molar-refractivity contribution in [2.45, 2.75) is 6.61 Å². The summed E-state index contributed by atoms with van der Waals surface area (Å²) in [7, 11) is 0. The number of para-hydroxylation sites is 1. The molecule has 0 amide bonds. The first-order valence-electron chi connectivity index (χ1n) is 5.02. The lowest BCUT2D eigenvalue weighted by Crippen LogP contribution is -2.08. The van der Waals surface area contributed by atoms with Crippen LogP contribution < -0.4 is 4.74 Å². The van der Waals surface area contributed by atoms with Crippen LogP contribution in [-0.2, 0) is 0 Å². The van der Waals surface area contributed by atoms with E-state index in [4.69, 9.17) is 16.7 Å². The van der Waals surface area contributed by atoms with E-state index in [1.807, 2.05) is 0 Å². The molecule has 1 heterocycles. The number of hydrogen-bond acceptors (Lipinski definition) is 3. The maximum absolute atomic E-state index is 12.3. The Kier molecular flexibility index (Phi) is 3.66. The summed E-state index contributed by atoms with van der Waals surface area (Å²) in [6.45, 7) is -3.10. The van der Waals surface area contributed by atoms with Gasteiger partial charge in [-0.05, 0) is 12.1 Å². The molecule has 2 rings (SSSR count). The van der Waals surface area contributed by atoms with Gasteiger partial charge in [-0.3, -0.25) is 0 Å². The number of nitrogens with zero attached hydrogens (tertiary/aromatic N) is 2. The second kappa shape index (κ2) is 5.23. The van der Waals surface area contributed by atoms with Crippen LogP contribution in [0.4, 0.5) is 8.78 Å². The van der Waals surface area contributed by atoms with Gasteiger partial charge in [0.15, 0.2) is 5.69 Å². The van der Waals surface area contributed by atoms with Gasteiger partial charge < -0.3 is 9.84 Å². The standard InChI is InChI=1S/C11H7ClF2N2O3/c12-6-3-1-2-4-8(6)16-9(19-11(13)14)5-7(15-16)10(17)18/h1-5,11H,(H,17,18). The number of aromatic carboxylic acids is 1. The molecule has 0 fully saturated rings. The molecule has 0 aliphatic carbocycles. The molecule has 5 nitrogen and oxygen atoms in total. The molecule has 0 spiro atoms. The second-order valence-electron chi connectivity index (χ2n) is 3.41. The smallest absolute Gasteiger partial charge is 0.388 e. The Morgan fingerprint density at radius 2 is 2.11 bits per heavy atom. The Morgan fingerprint density at radius 3 is 2.68 bits per heavy atom. The number of carboxylic acids is 1. The predicted octanol–water partition coefficient (Wildman–Crippen LogP) is 2.83. The number of aromatic nitrogens is 2. The highest BCUT2D eigenvalue weighted by Gasteiger charge is 2.19. The molecule has 19 heavy (non-hydrogen) atoms. The number of ether oxygens (including phenoxy) is 1. The lowest BCUT2D eigenvalue weighted by molar-refractivity contribution is -0.0544. The number of carbonyl (C=O) groups is 1. The maximum Gasteiger partial charge on any atom is 0.388 e. The van der Waals surface area contributed by atoms with Crippen LogP contribution in [0.15, 0.2) is 30.3 Å². The second-order valence-corrected chi connectivity index (χ2v) is 3.82. The fourth-order valence-corrected chi connectivity index (χ4v) is 1.66. The van der Waals surface area contributed by atoms with Gasteiger partial charge in [0.1, 0.15) is 0 Å². The first kappa shape index (κ1) is 13.3. The van der Waals surface area contributed by atoms with Gasteiger partial charge in [0.2, 0.25) is 5.88 Å². The van der Waals surface area contributed by atoms with Gasteiger partial charge in [0, 0.05) is 6.07 Å². The Balaban J connectivity index is 2.54. The van der Waals surface area contributed by atoms with E-state index in [1.54, 1.807) is 12.1 Å². The highest BCUT2D eigenvalue weighted by molar-refractivity contribution is 6.32. The average molecular weight is 289 g/mol. The van der Waals surface area contributed by atoms with Crippen LogP contribution in [0.3, 0.4) is 0 Å². The number of halogens is 3. The third-order valence-corrected chi connectivity index (χ3v) is 2.51. The number of rotatable bonds is 4. The van der Waals surface area contributed by atoms with Crippen LogP contribution in [0.1, 0.15) is 10.5 Å². The van der Waals surface area contributed by atoms with E-state index in [2.05, 4.69) is 9.84 Å². The highest BCUT2D eigenvalue weighted by atomic mass is 35.5. The molecule has 0 aliphatic heterocycles. The maximum atomic E-state index is 12.3. The summed E-state index contributed by atoms with van der Waals surface area (Å²) in [4.78, 5) is 10.8. The molecule has 1 N–H and O–H groups in total. The first-order valence-corrected chi connectivity index (χ1v) is 5.40. The Morgan fingerprint density at radius 1 is 1.42 bits per heavy atom. The van der Waals surface area contributed by atoms with Gasteiger partial charge in [-0.1, -0.05) is 23.7 Å². The molecule has 0 saturated carbocycles. The largest absolute Gasteiger partial charge is 0.476 e. The molecule has 0 unspecified atom stereocenters. The first-order chi connectivity index (χ1) is 8.99. The summed E-state index contributed by atoms with van der Waals surface area (Å²) >= 11 is 5.90. The lowest BCUT2D eigenvalue weighted by atomic mass is 10.3. The SMILES string of the molecule is O=C(O)c1cc(OC(F)F)n(-c2ccccc2Cl)n1. The van der Waals surface area contributed by atoms with Crippen molar-refractivity contribution in [1.82, 2.24) is 9.78 Å². The molecule has 100 valence electrons. The van der Waals surface area contributed by atoms with Crippen molar-refractivity contribution in [3.63, 3.8) is 0 Å². The molecule has 2 aromatic rings. The third kappa shape index (κ3) is 2.82. The monoisotopic (exact) mass is 288 g/mol. The minimum Gasteiger partial charge on any atom is -0.476 e. The van der Waals surface area contributed by atoms with Crippen molar-refractivity contribution in [3.05, 3.63) is 41.0 Å². The van der Waals surface area contributed by atoms with Crippen LogP contribution in [-0.4, -0.2) is 27.5 Å². The highest BCUT2D eigenvalue weighted by Crippen LogP contribution is 2.26. The summed E-state index contributed by atoms with van der Waals surface area (Å²) in [6, 6.07) is 7.17. The zero-order valence-corrected chi connectivity index (χ0v) is 10.0. The Hall–Kier alpha value is -2.15. The number of alkyl halides is 2. The molecular weight excluding hydrogens is 282 g/mol. The number of benzene rings is 1.